The third-order valence-corrected chi connectivity index (χ3v) is 20.6. The average molecular weight is 1760 g/mol. The van der Waals surface area contributed by atoms with Crippen LogP contribution in [0.3, 0.4) is 0 Å². The molecular weight excluding hydrogens is 1590 g/mol. The molecule has 20 heteroatoms. The van der Waals surface area contributed by atoms with E-state index in [0.717, 1.165) is 166 Å². The smallest absolute Gasteiger partial charge is 0.339 e. The third kappa shape index (κ3) is 58.2. The van der Waals surface area contributed by atoms with Gasteiger partial charge < -0.3 is 48.1 Å². The zero-order chi connectivity index (χ0) is 93.7. The van der Waals surface area contributed by atoms with Gasteiger partial charge in [0.05, 0.1) is 108 Å². The number of hydrogen-bond donors (Lipinski definition) is 2. The first-order valence-corrected chi connectivity index (χ1v) is 47.6. The summed E-state index contributed by atoms with van der Waals surface area (Å²) < 4.78 is 42.9. The minimum absolute atomic E-state index is 0.190. The molecule has 20 nitrogen and oxygen atoms in total. The predicted molar refractivity (Wildman–Crippen MR) is 504 cm³/mol. The highest BCUT2D eigenvalue weighted by molar-refractivity contribution is 6.06. The van der Waals surface area contributed by atoms with E-state index in [9.17, 15) is 47.9 Å². The van der Waals surface area contributed by atoms with Crippen molar-refractivity contribution in [1.82, 2.24) is 0 Å². The summed E-state index contributed by atoms with van der Waals surface area (Å²) in [5.74, 6) is -0.348. The maximum Gasteiger partial charge on any atom is 0.339 e. The summed E-state index contributed by atoms with van der Waals surface area (Å²) in [4.78, 5) is 120. The van der Waals surface area contributed by atoms with Gasteiger partial charge >= 0.3 is 59.7 Å². The van der Waals surface area contributed by atoms with Crippen LogP contribution in [0.5, 0.6) is 0 Å². The molecule has 126 heavy (non-hydrogen) atoms. The van der Waals surface area contributed by atoms with Crippen molar-refractivity contribution < 1.29 is 96.1 Å². The van der Waals surface area contributed by atoms with Gasteiger partial charge in [-0.15, -0.1) is 0 Å². The fraction of sp³-hybridized carbons (Fsp3) is 0.623. The maximum atomic E-state index is 12.4. The summed E-state index contributed by atoms with van der Waals surface area (Å²) in [5.41, 5.74) is 1.92. The van der Waals surface area contributed by atoms with Crippen molar-refractivity contribution in [1.29, 1.82) is 0 Å². The Bertz CT molecular complexity index is 3300. The summed E-state index contributed by atoms with van der Waals surface area (Å²) in [6, 6.07) is 32.4. The van der Waals surface area contributed by atoms with Crippen molar-refractivity contribution in [2.24, 2.45) is 47.3 Å². The molecule has 0 amide bonds. The van der Waals surface area contributed by atoms with Crippen LogP contribution in [0, 0.1) is 47.3 Å². The van der Waals surface area contributed by atoms with Crippen LogP contribution in [0.1, 0.15) is 433 Å². The van der Waals surface area contributed by atoms with E-state index in [1.807, 2.05) is 0 Å². The predicted octanol–water partition coefficient (Wildman–Crippen LogP) is 27.6. The van der Waals surface area contributed by atoms with Gasteiger partial charge in [0.2, 0.25) is 0 Å². The topological polar surface area (TPSA) is 285 Å². The van der Waals surface area contributed by atoms with Crippen LogP contribution in [0.4, 0.5) is 0 Å². The molecule has 0 atom stereocenters. The van der Waals surface area contributed by atoms with Crippen molar-refractivity contribution in [3.63, 3.8) is 0 Å². The van der Waals surface area contributed by atoms with Gasteiger partial charge in [-0.1, -0.05) is 338 Å². The molecule has 0 aromatic heterocycles. The van der Waals surface area contributed by atoms with E-state index in [-0.39, 0.29) is 44.5 Å². The fourth-order valence-electron chi connectivity index (χ4n) is 13.2. The number of rotatable bonds is 60. The molecule has 0 saturated carbocycles. The Hall–Kier alpha value is -9.20. The zero-order valence-electron chi connectivity index (χ0n) is 80.1. The first kappa shape index (κ1) is 115. The van der Waals surface area contributed by atoms with Crippen molar-refractivity contribution in [3.8, 4) is 0 Å². The minimum Gasteiger partial charge on any atom is -0.478 e. The summed E-state index contributed by atoms with van der Waals surface area (Å²) in [6.07, 6.45) is 36.5. The number of ether oxygens (including phenoxy) is 8. The van der Waals surface area contributed by atoms with Gasteiger partial charge in [-0.2, -0.15) is 0 Å². The van der Waals surface area contributed by atoms with E-state index in [2.05, 4.69) is 111 Å². The quantitative estimate of drug-likeness (QED) is 0.0208. The van der Waals surface area contributed by atoms with E-state index in [0.29, 0.717) is 99.5 Å². The number of carboxylic acid groups (broad SMARTS) is 2. The van der Waals surface area contributed by atoms with E-state index >= 15 is 0 Å². The van der Waals surface area contributed by atoms with Crippen LogP contribution >= 0.6 is 0 Å². The van der Waals surface area contributed by atoms with Crippen molar-refractivity contribution in [2.45, 2.75) is 329 Å². The SMILES string of the molecule is CC(C)CCCCCCOC(=O)c1ccccc1C(=O)OCCCCCCC(C)C.CC(C)CCCCCOC(=O)c1ccccc1C(=O)OCCCCCC(C)C.CC(C)CCCCCOC(=O)c1ccccc1C(=O)OCCCCCC(C)C.CC(C)CCCCCOC(=O)c1ccccc1C(=O)OCCCCCC(C)C.O=C(O)c1ccccc1C(=O)O. The normalized spacial score (nSPS) is 10.9. The Morgan fingerprint density at radius 3 is 0.389 bits per heavy atom. The molecule has 0 fully saturated rings. The van der Waals surface area contributed by atoms with Gasteiger partial charge in [-0.25, -0.2) is 47.9 Å². The molecule has 0 radical (unpaired) electrons. The number of hydrogen-bond acceptors (Lipinski definition) is 18. The number of esters is 8. The first-order chi connectivity index (χ1) is 60.3. The van der Waals surface area contributed by atoms with Crippen molar-refractivity contribution in [2.75, 3.05) is 52.9 Å². The third-order valence-electron chi connectivity index (χ3n) is 20.6. The summed E-state index contributed by atoms with van der Waals surface area (Å²) in [7, 11) is 0. The van der Waals surface area contributed by atoms with Crippen LogP contribution in [0.2, 0.25) is 0 Å². The highest BCUT2D eigenvalue weighted by Gasteiger charge is 2.24. The number of aromatic carboxylic acids is 2. The molecule has 5 aromatic carbocycles. The van der Waals surface area contributed by atoms with Crippen molar-refractivity contribution >= 4 is 59.7 Å². The number of carbonyl (C=O) groups excluding carboxylic acids is 8. The number of unbranched alkanes of at least 4 members (excludes halogenated alkanes) is 18. The van der Waals surface area contributed by atoms with Crippen LogP contribution in [-0.4, -0.2) is 123 Å². The lowest BCUT2D eigenvalue weighted by Crippen LogP contribution is -2.15. The van der Waals surface area contributed by atoms with Gasteiger partial charge in [-0.3, -0.25) is 0 Å². The van der Waals surface area contributed by atoms with E-state index in [4.69, 9.17) is 48.1 Å². The first-order valence-electron chi connectivity index (χ1n) is 47.6. The highest BCUT2D eigenvalue weighted by Crippen LogP contribution is 2.22. The second-order valence-corrected chi connectivity index (χ2v) is 36.1. The lowest BCUT2D eigenvalue weighted by Gasteiger charge is -2.10. The van der Waals surface area contributed by atoms with E-state index in [1.54, 1.807) is 97.1 Å². The van der Waals surface area contributed by atoms with Crippen LogP contribution < -0.4 is 0 Å². The molecule has 0 aliphatic rings. The van der Waals surface area contributed by atoms with Gasteiger partial charge in [-0.05, 0) is 159 Å². The molecule has 0 aliphatic carbocycles. The molecule has 0 unspecified atom stereocenters. The van der Waals surface area contributed by atoms with Crippen LogP contribution in [0.25, 0.3) is 0 Å². The molecule has 0 aliphatic heterocycles. The molecule has 5 rings (SSSR count). The van der Waals surface area contributed by atoms with Crippen molar-refractivity contribution in [3.05, 3.63) is 177 Å². The Kier molecular flexibility index (Phi) is 66.3. The van der Waals surface area contributed by atoms with Gasteiger partial charge in [0, 0.05) is 0 Å². The average Bonchev–Trinajstić information content (AvgIpc) is 0.833. The zero-order valence-corrected chi connectivity index (χ0v) is 80.1. The van der Waals surface area contributed by atoms with Gasteiger partial charge in [0.25, 0.3) is 0 Å². The lowest BCUT2D eigenvalue weighted by molar-refractivity contribution is 0.0450. The Labute approximate surface area is 758 Å². The number of carboxylic acids is 2. The second-order valence-electron chi connectivity index (χ2n) is 36.1. The summed E-state index contributed by atoms with van der Waals surface area (Å²) in [5, 5.41) is 17.1. The molecule has 0 bridgehead atoms. The molecule has 0 heterocycles. The molecule has 706 valence electrons. The largest absolute Gasteiger partial charge is 0.478 e. The fourth-order valence-corrected chi connectivity index (χ4v) is 13.2. The standard InChI is InChI=1S/C26H42O4.3C24H38O4.C8H6O4/c1-21(2)15-9-5-7-13-19-29-25(27)23-17-11-12-18-24(23)26(28)30-20-14-8-6-10-16-22(3)4;3*1-19(2)13-7-5-11-17-27-23(25)21-15-9-10-16-22(21)24(26)28-18-12-6-8-14-20(3)4;9-7(10)5-3-1-2-4-6(5)8(11)12/h11-12,17-18,21-22H,5-10,13-16,19-20H2,1-4H3;3*9-10,15-16,19-20H,5-8,11-14,17-18H2,1-4H3;1-4H,(H,9,10)(H,11,12). The Morgan fingerprint density at radius 1 is 0.175 bits per heavy atom. The van der Waals surface area contributed by atoms with Crippen LogP contribution in [0.15, 0.2) is 121 Å². The highest BCUT2D eigenvalue weighted by atomic mass is 16.6. The molecular formula is C106H162O20. The monoisotopic (exact) mass is 1760 g/mol. The van der Waals surface area contributed by atoms with Gasteiger partial charge in [0.1, 0.15) is 0 Å². The van der Waals surface area contributed by atoms with E-state index < -0.39 is 59.7 Å². The molecule has 5 aromatic rings. The minimum atomic E-state index is -1.23. The Morgan fingerprint density at radius 2 is 0.278 bits per heavy atom. The number of carbonyl (C=O) groups is 10. The molecule has 2 N–H and O–H groups in total. The van der Waals surface area contributed by atoms with E-state index in [1.165, 1.54) is 88.5 Å². The molecule has 0 spiro atoms. The maximum absolute atomic E-state index is 12.4. The van der Waals surface area contributed by atoms with Gasteiger partial charge in [0.15, 0.2) is 0 Å². The number of benzene rings is 5. The lowest BCUT2D eigenvalue weighted by atomic mass is 10.0. The van der Waals surface area contributed by atoms with Crippen LogP contribution in [-0.2, 0) is 37.9 Å². The summed E-state index contributed by atoms with van der Waals surface area (Å²) in [6.45, 7) is 38.5. The summed E-state index contributed by atoms with van der Waals surface area (Å²) >= 11 is 0. The Balaban J connectivity index is 0.000000803. The molecule has 0 saturated heterocycles. The second kappa shape index (κ2) is 72.8.